The highest BCUT2D eigenvalue weighted by Gasteiger charge is 2.28. The normalized spacial score (nSPS) is 17.4. The summed E-state index contributed by atoms with van der Waals surface area (Å²) in [6.45, 7) is 1.35. The number of hydrogen-bond donors (Lipinski definition) is 1. The number of carboxylic acid groups (broad SMARTS) is 1. The quantitative estimate of drug-likeness (QED) is 0.613. The fourth-order valence-electron chi connectivity index (χ4n) is 0.0572. The highest BCUT2D eigenvalue weighted by Crippen LogP contribution is 2.15. The first-order chi connectivity index (χ1) is 3.50. The minimum atomic E-state index is -1.30. The van der Waals surface area contributed by atoms with Gasteiger partial charge in [0.15, 0.2) is 4.87 Å². The molecule has 0 saturated heterocycles. The van der Waals surface area contributed by atoms with Crippen LogP contribution in [0, 0.1) is 0 Å². The van der Waals surface area contributed by atoms with E-state index in [0.717, 1.165) is 0 Å². The van der Waals surface area contributed by atoms with E-state index in [1.807, 2.05) is 0 Å². The zero-order chi connectivity index (χ0) is 6.78. The Balaban J connectivity index is 3.91. The Morgan fingerprint density at radius 1 is 1.88 bits per heavy atom. The lowest BCUT2D eigenvalue weighted by Gasteiger charge is -2.10. The van der Waals surface area contributed by atoms with Crippen molar-refractivity contribution in [2.75, 3.05) is 5.88 Å². The van der Waals surface area contributed by atoms with Crippen molar-refractivity contribution in [1.82, 2.24) is 0 Å². The first-order valence-corrected chi connectivity index (χ1v) is 2.90. The van der Waals surface area contributed by atoms with Crippen LogP contribution in [0.2, 0.25) is 0 Å². The standard InChI is InChI=1S/C4H6Cl2O2/c1-4(6,2-5)3(7)8/h2H2,1H3,(H,7,8)/t4-/m0/s1. The molecule has 48 valence electrons. The molecule has 0 saturated carbocycles. The van der Waals surface area contributed by atoms with Crippen molar-refractivity contribution in [2.45, 2.75) is 11.8 Å². The van der Waals surface area contributed by atoms with E-state index < -0.39 is 10.8 Å². The molecule has 0 rings (SSSR count). The van der Waals surface area contributed by atoms with Gasteiger partial charge in [0.05, 0.1) is 5.88 Å². The molecular weight excluding hydrogens is 151 g/mol. The van der Waals surface area contributed by atoms with Gasteiger partial charge in [-0.1, -0.05) is 0 Å². The van der Waals surface area contributed by atoms with E-state index in [1.54, 1.807) is 0 Å². The number of carbonyl (C=O) groups is 1. The molecule has 0 aromatic heterocycles. The third-order valence-electron chi connectivity index (χ3n) is 0.697. The number of aliphatic carboxylic acids is 1. The van der Waals surface area contributed by atoms with Gasteiger partial charge in [0, 0.05) is 0 Å². The van der Waals surface area contributed by atoms with E-state index in [1.165, 1.54) is 6.92 Å². The molecular formula is C4H6Cl2O2. The molecule has 0 amide bonds. The fourth-order valence-corrected chi connectivity index (χ4v) is 0.171. The molecule has 0 aliphatic carbocycles. The van der Waals surface area contributed by atoms with Crippen molar-refractivity contribution in [1.29, 1.82) is 0 Å². The second-order valence-electron chi connectivity index (χ2n) is 1.64. The van der Waals surface area contributed by atoms with Gasteiger partial charge in [0.1, 0.15) is 0 Å². The van der Waals surface area contributed by atoms with Gasteiger partial charge in [-0.25, -0.2) is 0 Å². The van der Waals surface area contributed by atoms with Crippen molar-refractivity contribution in [2.24, 2.45) is 0 Å². The van der Waals surface area contributed by atoms with Crippen LogP contribution in [0.5, 0.6) is 0 Å². The highest BCUT2D eigenvalue weighted by atomic mass is 35.5. The zero-order valence-electron chi connectivity index (χ0n) is 4.32. The topological polar surface area (TPSA) is 37.3 Å². The number of hydrogen-bond acceptors (Lipinski definition) is 1. The molecule has 0 unspecified atom stereocenters. The third kappa shape index (κ3) is 1.88. The van der Waals surface area contributed by atoms with Crippen molar-refractivity contribution >= 4 is 29.2 Å². The molecule has 0 spiro atoms. The van der Waals surface area contributed by atoms with E-state index >= 15 is 0 Å². The van der Waals surface area contributed by atoms with Gasteiger partial charge in [0.25, 0.3) is 0 Å². The molecule has 0 aromatic rings. The smallest absolute Gasteiger partial charge is 0.325 e. The maximum Gasteiger partial charge on any atom is 0.325 e. The first kappa shape index (κ1) is 8.05. The minimum Gasteiger partial charge on any atom is -0.480 e. The van der Waals surface area contributed by atoms with Gasteiger partial charge in [0.2, 0.25) is 0 Å². The molecule has 8 heavy (non-hydrogen) atoms. The monoisotopic (exact) mass is 156 g/mol. The molecule has 0 aliphatic rings. The average Bonchev–Trinajstić information content (AvgIpc) is 1.67. The van der Waals surface area contributed by atoms with Gasteiger partial charge in [-0.05, 0) is 6.92 Å². The predicted octanol–water partition coefficient (Wildman–Crippen LogP) is 1.31. The van der Waals surface area contributed by atoms with Crippen LogP contribution in [0.4, 0.5) is 0 Å². The summed E-state index contributed by atoms with van der Waals surface area (Å²) in [6.07, 6.45) is 0. The first-order valence-electron chi connectivity index (χ1n) is 1.99. The second kappa shape index (κ2) is 2.55. The van der Waals surface area contributed by atoms with Crippen LogP contribution >= 0.6 is 23.2 Å². The Bertz CT molecular complexity index is 100. The summed E-state index contributed by atoms with van der Waals surface area (Å²) < 4.78 is 0. The summed E-state index contributed by atoms with van der Waals surface area (Å²) in [7, 11) is 0. The minimum absolute atomic E-state index is 0.0795. The lowest BCUT2D eigenvalue weighted by molar-refractivity contribution is -0.139. The fraction of sp³-hybridized carbons (Fsp3) is 0.750. The van der Waals surface area contributed by atoms with Crippen molar-refractivity contribution in [3.8, 4) is 0 Å². The summed E-state index contributed by atoms with van der Waals surface area (Å²) in [5, 5.41) is 8.22. The van der Waals surface area contributed by atoms with Crippen LogP contribution in [-0.4, -0.2) is 21.8 Å². The van der Waals surface area contributed by atoms with Gasteiger partial charge in [-0.15, -0.1) is 23.2 Å². The third-order valence-corrected chi connectivity index (χ3v) is 1.66. The summed E-state index contributed by atoms with van der Waals surface area (Å²) in [4.78, 5) is 8.73. The van der Waals surface area contributed by atoms with E-state index in [4.69, 9.17) is 28.3 Å². The van der Waals surface area contributed by atoms with Gasteiger partial charge >= 0.3 is 5.97 Å². The molecule has 2 nitrogen and oxygen atoms in total. The van der Waals surface area contributed by atoms with Crippen molar-refractivity contribution < 1.29 is 9.90 Å². The highest BCUT2D eigenvalue weighted by molar-refractivity contribution is 6.38. The number of alkyl halides is 2. The zero-order valence-corrected chi connectivity index (χ0v) is 5.83. The maximum atomic E-state index is 10.0. The van der Waals surface area contributed by atoms with Crippen LogP contribution in [-0.2, 0) is 4.79 Å². The predicted molar refractivity (Wildman–Crippen MR) is 32.6 cm³/mol. The lowest BCUT2D eigenvalue weighted by Crippen LogP contribution is -2.29. The Labute approximate surface area is 57.4 Å². The Morgan fingerprint density at radius 3 is 2.25 bits per heavy atom. The molecule has 1 atom stereocenters. The summed E-state index contributed by atoms with van der Waals surface area (Å²) in [5.41, 5.74) is 0. The lowest BCUT2D eigenvalue weighted by atomic mass is 10.2. The van der Waals surface area contributed by atoms with E-state index in [2.05, 4.69) is 0 Å². The average molecular weight is 157 g/mol. The Morgan fingerprint density at radius 2 is 2.25 bits per heavy atom. The largest absolute Gasteiger partial charge is 0.480 e. The van der Waals surface area contributed by atoms with Crippen molar-refractivity contribution in [3.05, 3.63) is 0 Å². The van der Waals surface area contributed by atoms with Crippen molar-refractivity contribution in [3.63, 3.8) is 0 Å². The summed E-state index contributed by atoms with van der Waals surface area (Å²) in [5.74, 6) is -1.17. The van der Waals surface area contributed by atoms with E-state index in [0.29, 0.717) is 0 Å². The molecule has 0 heterocycles. The van der Waals surface area contributed by atoms with Crippen LogP contribution in [0.1, 0.15) is 6.92 Å². The van der Waals surface area contributed by atoms with Gasteiger partial charge < -0.3 is 5.11 Å². The molecule has 0 aromatic carbocycles. The molecule has 0 bridgehead atoms. The number of carboxylic acids is 1. The van der Waals surface area contributed by atoms with Crippen LogP contribution in [0.3, 0.4) is 0 Å². The second-order valence-corrected chi connectivity index (χ2v) is 2.74. The Kier molecular flexibility index (Phi) is 2.57. The van der Waals surface area contributed by atoms with Crippen LogP contribution < -0.4 is 0 Å². The maximum absolute atomic E-state index is 10.0. The summed E-state index contributed by atoms with van der Waals surface area (Å²) in [6, 6.07) is 0. The summed E-state index contributed by atoms with van der Waals surface area (Å²) >= 11 is 10.5. The Hall–Kier alpha value is 0.0500. The SMILES string of the molecule is C[C@](Cl)(CCl)C(=O)O. The number of rotatable bonds is 2. The molecule has 1 N–H and O–H groups in total. The van der Waals surface area contributed by atoms with Gasteiger partial charge in [-0.3, -0.25) is 4.79 Å². The molecule has 0 aliphatic heterocycles. The van der Waals surface area contributed by atoms with E-state index in [-0.39, 0.29) is 5.88 Å². The molecule has 0 fully saturated rings. The van der Waals surface area contributed by atoms with Crippen LogP contribution in [0.25, 0.3) is 0 Å². The molecule has 4 heteroatoms. The van der Waals surface area contributed by atoms with Gasteiger partial charge in [-0.2, -0.15) is 0 Å². The molecule has 0 radical (unpaired) electrons. The van der Waals surface area contributed by atoms with E-state index in [9.17, 15) is 4.79 Å². The van der Waals surface area contributed by atoms with Crippen LogP contribution in [0.15, 0.2) is 0 Å². The number of halogens is 2.